The smallest absolute Gasteiger partial charge is 0.258 e. The number of nitrogens with zero attached hydrogens (tertiary/aromatic N) is 4. The molecule has 2 aliphatic heterocycles. The summed E-state index contributed by atoms with van der Waals surface area (Å²) in [5.74, 6) is -2.69. The molecular weight excluding hydrogens is 632 g/mol. The minimum atomic E-state index is -4.32. The Morgan fingerprint density at radius 2 is 1.87 bits per heavy atom. The maximum absolute atomic E-state index is 14.0. The Kier molecular flexibility index (Phi) is 10.0. The van der Waals surface area contributed by atoms with Gasteiger partial charge in [0.2, 0.25) is 15.9 Å². The van der Waals surface area contributed by atoms with Crippen molar-refractivity contribution in [2.45, 2.75) is 56.5 Å². The first-order valence-corrected chi connectivity index (χ1v) is 16.9. The van der Waals surface area contributed by atoms with E-state index in [-0.39, 0.29) is 36.4 Å². The van der Waals surface area contributed by atoms with E-state index in [0.717, 1.165) is 35.1 Å². The van der Waals surface area contributed by atoms with E-state index in [4.69, 9.17) is 4.74 Å². The molecule has 2 aliphatic rings. The molecule has 0 spiro atoms. The highest BCUT2D eigenvalue weighted by molar-refractivity contribution is 7.89. The van der Waals surface area contributed by atoms with E-state index in [1.165, 1.54) is 0 Å². The van der Waals surface area contributed by atoms with Crippen molar-refractivity contribution < 1.29 is 31.5 Å². The second kappa shape index (κ2) is 13.7. The number of carbonyl (C=O) groups is 2. The van der Waals surface area contributed by atoms with Gasteiger partial charge in [0.1, 0.15) is 11.6 Å². The molecule has 15 heteroatoms. The maximum atomic E-state index is 14.0. The Morgan fingerprint density at radius 3 is 2.51 bits per heavy atom. The fourth-order valence-corrected chi connectivity index (χ4v) is 7.88. The van der Waals surface area contributed by atoms with Gasteiger partial charge in [-0.2, -0.15) is 9.40 Å². The molecule has 0 bridgehead atoms. The molecule has 2 aromatic carbocycles. The monoisotopic (exact) mass is 673 g/mol. The summed E-state index contributed by atoms with van der Waals surface area (Å²) in [7, 11) is -0.806. The number of benzene rings is 2. The number of sulfonamides is 1. The number of rotatable bonds is 11. The summed E-state index contributed by atoms with van der Waals surface area (Å²) in [6.45, 7) is 7.97. The number of halogens is 2. The molecule has 12 nitrogen and oxygen atoms in total. The van der Waals surface area contributed by atoms with E-state index >= 15 is 0 Å². The zero-order chi connectivity index (χ0) is 34.1. The normalized spacial score (nSPS) is 18.1. The van der Waals surface area contributed by atoms with E-state index in [9.17, 15) is 26.8 Å². The van der Waals surface area contributed by atoms with Crippen molar-refractivity contribution in [3.8, 4) is 0 Å². The van der Waals surface area contributed by atoms with Crippen molar-refractivity contribution in [3.05, 3.63) is 64.9 Å². The number of carbonyl (C=O) groups excluding carboxylic acids is 2. The lowest BCUT2D eigenvalue weighted by Gasteiger charge is -2.36. The third-order valence-corrected chi connectivity index (χ3v) is 10.6. The van der Waals surface area contributed by atoms with Crippen LogP contribution in [0.5, 0.6) is 0 Å². The lowest BCUT2D eigenvalue weighted by atomic mass is 9.84. The van der Waals surface area contributed by atoms with Crippen molar-refractivity contribution in [1.82, 2.24) is 19.4 Å². The van der Waals surface area contributed by atoms with E-state index in [0.29, 0.717) is 49.1 Å². The predicted molar refractivity (Wildman–Crippen MR) is 174 cm³/mol. The Balaban J connectivity index is 1.46. The van der Waals surface area contributed by atoms with Crippen LogP contribution in [0.4, 0.5) is 26.0 Å². The number of nitrogens with one attached hydrogen (secondary N) is 3. The Morgan fingerprint density at radius 1 is 1.15 bits per heavy atom. The Labute approximate surface area is 273 Å². The third-order valence-electron chi connectivity index (χ3n) is 8.80. The highest BCUT2D eigenvalue weighted by atomic mass is 32.2. The fraction of sp³-hybridized carbons (Fsp3) is 0.469. The minimum absolute atomic E-state index is 0.000298. The number of anilines is 3. The number of ether oxygens (including phenoxy) is 1. The number of hydrogen-bond donors (Lipinski definition) is 3. The van der Waals surface area contributed by atoms with Crippen LogP contribution >= 0.6 is 0 Å². The van der Waals surface area contributed by atoms with Crippen molar-refractivity contribution in [1.29, 1.82) is 0 Å². The molecular formula is C32H41F2N7O5S. The van der Waals surface area contributed by atoms with Gasteiger partial charge in [-0.3, -0.25) is 19.6 Å². The number of likely N-dealkylation sites (N-methyl/N-ethyl adjacent to an activating group) is 2. The van der Waals surface area contributed by atoms with Crippen LogP contribution in [0.25, 0.3) is 0 Å². The van der Waals surface area contributed by atoms with E-state index in [2.05, 4.69) is 25.7 Å². The van der Waals surface area contributed by atoms with Gasteiger partial charge in [0.15, 0.2) is 5.82 Å². The molecule has 0 saturated carbocycles. The van der Waals surface area contributed by atoms with Gasteiger partial charge in [0, 0.05) is 61.7 Å². The van der Waals surface area contributed by atoms with Crippen LogP contribution < -0.4 is 15.5 Å². The van der Waals surface area contributed by atoms with Crippen LogP contribution in [0.1, 0.15) is 55.2 Å². The molecule has 1 fully saturated rings. The van der Waals surface area contributed by atoms with Crippen LogP contribution in [0.2, 0.25) is 0 Å². The zero-order valence-corrected chi connectivity index (χ0v) is 28.0. The van der Waals surface area contributed by atoms with Crippen LogP contribution in [-0.4, -0.2) is 92.6 Å². The summed E-state index contributed by atoms with van der Waals surface area (Å²) in [5.41, 5.74) is 1.56. The Hall–Kier alpha value is -3.92. The molecule has 1 atom stereocenters. The van der Waals surface area contributed by atoms with Gasteiger partial charge in [-0.1, -0.05) is 13.8 Å². The summed E-state index contributed by atoms with van der Waals surface area (Å²) >= 11 is 0. The summed E-state index contributed by atoms with van der Waals surface area (Å²) in [6.07, 6.45) is 1.60. The van der Waals surface area contributed by atoms with Crippen molar-refractivity contribution in [3.63, 3.8) is 0 Å². The standard InChI is InChI=1S/C32H41F2N7O5S/c1-6-40(12-13-46-5)22-9-10-24(26(17-22)35-31(43)27-8-7-11-39(27)4)30(42)36-29-25-18-41(19-32(2,3)28(25)37-38-29)47(44,45)23-15-20(33)14-21(34)16-23/h9-10,14-17,27H,6-8,11-13,18-19H2,1-5H3,(H,35,43)(H2,36,37,38,42)/t27-/m0/s1. The van der Waals surface area contributed by atoms with Crippen LogP contribution in [0, 0.1) is 11.6 Å². The molecule has 254 valence electrons. The number of amides is 2. The van der Waals surface area contributed by atoms with Crippen LogP contribution in [0.3, 0.4) is 0 Å². The van der Waals surface area contributed by atoms with Gasteiger partial charge in [-0.25, -0.2) is 17.2 Å². The number of aromatic nitrogens is 2. The average Bonchev–Trinajstić information content (AvgIpc) is 3.63. The lowest BCUT2D eigenvalue weighted by molar-refractivity contribution is -0.119. The molecule has 0 aliphatic carbocycles. The second-order valence-corrected chi connectivity index (χ2v) is 14.5. The van der Waals surface area contributed by atoms with Crippen LogP contribution in [0.15, 0.2) is 41.3 Å². The average molecular weight is 674 g/mol. The summed E-state index contributed by atoms with van der Waals surface area (Å²) in [5, 5.41) is 13.0. The zero-order valence-electron chi connectivity index (χ0n) is 27.2. The molecule has 5 rings (SSSR count). The molecule has 3 aromatic rings. The third kappa shape index (κ3) is 7.17. The van der Waals surface area contributed by atoms with Crippen molar-refractivity contribution in [2.24, 2.45) is 0 Å². The van der Waals surface area contributed by atoms with E-state index in [1.54, 1.807) is 39.2 Å². The number of fused-ring (bicyclic) bond motifs is 1. The molecule has 3 heterocycles. The number of methoxy groups -OCH3 is 1. The van der Waals surface area contributed by atoms with E-state index < -0.39 is 37.9 Å². The summed E-state index contributed by atoms with van der Waals surface area (Å²) in [6, 6.07) is 7.01. The van der Waals surface area contributed by atoms with E-state index in [1.807, 2.05) is 18.9 Å². The first kappa shape index (κ1) is 34.4. The number of hydrogen-bond acceptors (Lipinski definition) is 8. The first-order chi connectivity index (χ1) is 22.2. The molecule has 1 aromatic heterocycles. The molecule has 3 N–H and O–H groups in total. The SMILES string of the molecule is CCN(CCOC)c1ccc(C(=O)Nc2n[nH]c3c2CN(S(=O)(=O)c2cc(F)cc(F)c2)CC3(C)C)c(NC(=O)[C@@H]2CCCN2C)c1. The molecule has 2 amide bonds. The van der Waals surface area contributed by atoms with Crippen molar-refractivity contribution in [2.75, 3.05) is 62.5 Å². The highest BCUT2D eigenvalue weighted by Gasteiger charge is 2.41. The lowest BCUT2D eigenvalue weighted by Crippen LogP contribution is -2.45. The Bertz CT molecular complexity index is 1740. The first-order valence-electron chi connectivity index (χ1n) is 15.5. The topological polar surface area (TPSA) is 140 Å². The van der Waals surface area contributed by atoms with Crippen LogP contribution in [-0.2, 0) is 31.5 Å². The molecule has 0 radical (unpaired) electrons. The van der Waals surface area contributed by atoms with Gasteiger partial charge in [0.05, 0.1) is 28.8 Å². The van der Waals surface area contributed by atoms with Gasteiger partial charge in [-0.15, -0.1) is 0 Å². The van der Waals surface area contributed by atoms with Gasteiger partial charge < -0.3 is 20.3 Å². The quantitative estimate of drug-likeness (QED) is 0.278. The second-order valence-electron chi connectivity index (χ2n) is 12.6. The number of H-pyrrole nitrogens is 1. The largest absolute Gasteiger partial charge is 0.383 e. The number of aromatic amines is 1. The van der Waals surface area contributed by atoms with Crippen molar-refractivity contribution >= 4 is 39.0 Å². The fourth-order valence-electron chi connectivity index (χ4n) is 6.27. The highest BCUT2D eigenvalue weighted by Crippen LogP contribution is 2.38. The molecule has 1 saturated heterocycles. The predicted octanol–water partition coefficient (Wildman–Crippen LogP) is 3.93. The number of likely N-dealkylation sites (tertiary alicyclic amines) is 1. The molecule has 0 unspecified atom stereocenters. The van der Waals surface area contributed by atoms with Gasteiger partial charge in [0.25, 0.3) is 5.91 Å². The molecule has 47 heavy (non-hydrogen) atoms. The minimum Gasteiger partial charge on any atom is -0.383 e. The summed E-state index contributed by atoms with van der Waals surface area (Å²) < 4.78 is 61.4. The maximum Gasteiger partial charge on any atom is 0.258 e. The summed E-state index contributed by atoms with van der Waals surface area (Å²) in [4.78, 5) is 30.7. The van der Waals surface area contributed by atoms with Gasteiger partial charge >= 0.3 is 0 Å². The van der Waals surface area contributed by atoms with Gasteiger partial charge in [-0.05, 0) is 63.7 Å².